The average Bonchev–Trinajstić information content (AvgIpc) is 2.15. The van der Waals surface area contributed by atoms with E-state index in [1.54, 1.807) is 23.9 Å². The molecule has 0 saturated carbocycles. The second-order valence-electron chi connectivity index (χ2n) is 3.85. The van der Waals surface area contributed by atoms with Gasteiger partial charge in [0.1, 0.15) is 0 Å². The van der Waals surface area contributed by atoms with Crippen molar-refractivity contribution in [1.29, 1.82) is 0 Å². The van der Waals surface area contributed by atoms with E-state index in [9.17, 15) is 9.59 Å². The monoisotopic (exact) mass is 216 g/mol. The van der Waals surface area contributed by atoms with Crippen molar-refractivity contribution in [3.05, 3.63) is 0 Å². The highest BCUT2D eigenvalue weighted by Crippen LogP contribution is 1.96. The molecule has 0 rings (SSSR count). The number of hydrogen-bond donors (Lipinski definition) is 0. The predicted octanol–water partition coefficient (Wildman–Crippen LogP) is -0.0420. The Balaban J connectivity index is 4.01. The van der Waals surface area contributed by atoms with Gasteiger partial charge in [-0.15, -0.1) is 0 Å². The highest BCUT2D eigenvalue weighted by molar-refractivity contribution is 5.79. The van der Waals surface area contributed by atoms with Gasteiger partial charge < -0.3 is 9.64 Å². The number of carbonyl (C=O) groups excluding carboxylic acids is 2. The predicted molar refractivity (Wildman–Crippen MR) is 57.4 cm³/mol. The van der Waals surface area contributed by atoms with Crippen molar-refractivity contribution in [3.8, 4) is 0 Å². The summed E-state index contributed by atoms with van der Waals surface area (Å²) in [5.41, 5.74) is 0. The first-order valence-corrected chi connectivity index (χ1v) is 4.89. The van der Waals surface area contributed by atoms with Gasteiger partial charge in [0, 0.05) is 13.1 Å². The zero-order valence-electron chi connectivity index (χ0n) is 10.1. The van der Waals surface area contributed by atoms with Crippen molar-refractivity contribution < 1.29 is 14.3 Å². The fraction of sp³-hybridized carbons (Fsp3) is 0.800. The van der Waals surface area contributed by atoms with E-state index in [1.165, 1.54) is 7.11 Å². The fourth-order valence-corrected chi connectivity index (χ4v) is 0.971. The van der Waals surface area contributed by atoms with Crippen LogP contribution in [0.2, 0.25) is 0 Å². The van der Waals surface area contributed by atoms with Crippen LogP contribution in [-0.4, -0.2) is 62.0 Å². The first-order chi connectivity index (χ1) is 6.88. The smallest absolute Gasteiger partial charge is 0.319 e. The van der Waals surface area contributed by atoms with Crippen LogP contribution in [0.5, 0.6) is 0 Å². The first kappa shape index (κ1) is 13.9. The van der Waals surface area contributed by atoms with Gasteiger partial charge in [0.15, 0.2) is 0 Å². The number of likely N-dealkylation sites (N-methyl/N-ethyl adjacent to an activating group) is 2. The van der Waals surface area contributed by atoms with Crippen LogP contribution in [0.4, 0.5) is 0 Å². The number of rotatable bonds is 5. The van der Waals surface area contributed by atoms with E-state index in [2.05, 4.69) is 4.74 Å². The number of amides is 1. The third kappa shape index (κ3) is 5.37. The van der Waals surface area contributed by atoms with Gasteiger partial charge in [0.25, 0.3) is 0 Å². The summed E-state index contributed by atoms with van der Waals surface area (Å²) in [5, 5.41) is 0. The van der Waals surface area contributed by atoms with E-state index >= 15 is 0 Å². The van der Waals surface area contributed by atoms with Crippen LogP contribution in [0.1, 0.15) is 13.8 Å². The van der Waals surface area contributed by atoms with Gasteiger partial charge in [-0.05, 0) is 20.9 Å². The molecule has 0 radical (unpaired) electrons. The lowest BCUT2D eigenvalue weighted by atomic mass is 10.3. The normalized spacial score (nSPS) is 10.6. The minimum atomic E-state index is -0.336. The molecule has 15 heavy (non-hydrogen) atoms. The SMILES string of the molecule is COC(=O)CN(C)CC(=O)N(C)C(C)C. The van der Waals surface area contributed by atoms with Crippen molar-refractivity contribution in [2.75, 3.05) is 34.3 Å². The molecule has 0 heterocycles. The van der Waals surface area contributed by atoms with Crippen molar-refractivity contribution in [2.24, 2.45) is 0 Å². The molecule has 0 aromatic heterocycles. The molecular weight excluding hydrogens is 196 g/mol. The highest BCUT2D eigenvalue weighted by atomic mass is 16.5. The minimum absolute atomic E-state index is 0.00333. The topological polar surface area (TPSA) is 49.9 Å². The largest absolute Gasteiger partial charge is 0.468 e. The van der Waals surface area contributed by atoms with Crippen LogP contribution < -0.4 is 0 Å². The van der Waals surface area contributed by atoms with Gasteiger partial charge in [-0.3, -0.25) is 14.5 Å². The number of carbonyl (C=O) groups is 2. The maximum Gasteiger partial charge on any atom is 0.319 e. The molecule has 0 saturated heterocycles. The van der Waals surface area contributed by atoms with Crippen molar-refractivity contribution in [1.82, 2.24) is 9.80 Å². The maximum absolute atomic E-state index is 11.6. The molecule has 0 spiro atoms. The Morgan fingerprint density at radius 3 is 2.13 bits per heavy atom. The zero-order valence-corrected chi connectivity index (χ0v) is 10.1. The number of ether oxygens (including phenoxy) is 1. The lowest BCUT2D eigenvalue weighted by molar-refractivity contribution is -0.142. The van der Waals surface area contributed by atoms with Crippen molar-refractivity contribution >= 4 is 11.9 Å². The molecule has 0 N–H and O–H groups in total. The molecule has 1 amide bonds. The van der Waals surface area contributed by atoms with E-state index < -0.39 is 0 Å². The molecule has 0 aliphatic heterocycles. The second kappa shape index (κ2) is 6.40. The average molecular weight is 216 g/mol. The van der Waals surface area contributed by atoms with E-state index in [1.807, 2.05) is 13.8 Å². The lowest BCUT2D eigenvalue weighted by Gasteiger charge is -2.24. The van der Waals surface area contributed by atoms with Crippen molar-refractivity contribution in [2.45, 2.75) is 19.9 Å². The van der Waals surface area contributed by atoms with Gasteiger partial charge >= 0.3 is 5.97 Å². The Kier molecular flexibility index (Phi) is 5.93. The second-order valence-corrected chi connectivity index (χ2v) is 3.85. The molecule has 5 nitrogen and oxygen atoms in total. The number of hydrogen-bond acceptors (Lipinski definition) is 4. The highest BCUT2D eigenvalue weighted by Gasteiger charge is 2.15. The number of methoxy groups -OCH3 is 1. The molecule has 0 aromatic carbocycles. The molecule has 0 unspecified atom stereocenters. The molecule has 0 bridgehead atoms. The molecule has 0 aromatic rings. The Labute approximate surface area is 91.0 Å². The standard InChI is InChI=1S/C10H20N2O3/c1-8(2)12(4)9(13)6-11(3)7-10(14)15-5/h8H,6-7H2,1-5H3. The summed E-state index contributed by atoms with van der Waals surface area (Å²) in [7, 11) is 4.79. The first-order valence-electron chi connectivity index (χ1n) is 4.89. The van der Waals surface area contributed by atoms with Crippen LogP contribution >= 0.6 is 0 Å². The molecule has 5 heteroatoms. The van der Waals surface area contributed by atoms with Gasteiger partial charge in [-0.25, -0.2) is 0 Å². The summed E-state index contributed by atoms with van der Waals surface area (Å²) in [4.78, 5) is 25.8. The van der Waals surface area contributed by atoms with Crippen molar-refractivity contribution in [3.63, 3.8) is 0 Å². The number of nitrogens with zero attached hydrogens (tertiary/aromatic N) is 2. The Morgan fingerprint density at radius 1 is 1.20 bits per heavy atom. The summed E-state index contributed by atoms with van der Waals surface area (Å²) in [6.45, 7) is 4.24. The zero-order chi connectivity index (χ0) is 12.0. The van der Waals surface area contributed by atoms with Gasteiger partial charge in [0.2, 0.25) is 5.91 Å². The Morgan fingerprint density at radius 2 is 1.73 bits per heavy atom. The van der Waals surface area contributed by atoms with E-state index in [-0.39, 0.29) is 31.0 Å². The molecular formula is C10H20N2O3. The minimum Gasteiger partial charge on any atom is -0.468 e. The molecule has 0 atom stereocenters. The van der Waals surface area contributed by atoms with Gasteiger partial charge in [-0.1, -0.05) is 0 Å². The number of esters is 1. The lowest BCUT2D eigenvalue weighted by Crippen LogP contribution is -2.41. The summed E-state index contributed by atoms with van der Waals surface area (Å²) in [6, 6.07) is 0.170. The molecule has 88 valence electrons. The van der Waals surface area contributed by atoms with E-state index in [4.69, 9.17) is 0 Å². The van der Waals surface area contributed by atoms with Crippen LogP contribution in [0, 0.1) is 0 Å². The molecule has 0 aliphatic carbocycles. The van der Waals surface area contributed by atoms with Gasteiger partial charge in [-0.2, -0.15) is 0 Å². The van der Waals surface area contributed by atoms with Crippen LogP contribution in [0.3, 0.4) is 0 Å². The van der Waals surface area contributed by atoms with Crippen LogP contribution in [-0.2, 0) is 14.3 Å². The third-order valence-electron chi connectivity index (χ3n) is 2.20. The van der Waals surface area contributed by atoms with Crippen LogP contribution in [0.25, 0.3) is 0 Å². The fourth-order valence-electron chi connectivity index (χ4n) is 0.971. The Hall–Kier alpha value is -1.10. The Bertz CT molecular complexity index is 229. The van der Waals surface area contributed by atoms with E-state index in [0.29, 0.717) is 0 Å². The third-order valence-corrected chi connectivity index (χ3v) is 2.20. The van der Waals surface area contributed by atoms with Crippen LogP contribution in [0.15, 0.2) is 0 Å². The maximum atomic E-state index is 11.6. The summed E-state index contributed by atoms with van der Waals surface area (Å²) in [5.74, 6) is -0.339. The summed E-state index contributed by atoms with van der Waals surface area (Å²) >= 11 is 0. The van der Waals surface area contributed by atoms with E-state index in [0.717, 1.165) is 0 Å². The molecule has 0 fully saturated rings. The molecule has 0 aliphatic rings. The summed E-state index contributed by atoms with van der Waals surface area (Å²) < 4.78 is 4.50. The quantitative estimate of drug-likeness (QED) is 0.605. The van der Waals surface area contributed by atoms with Gasteiger partial charge in [0.05, 0.1) is 20.2 Å². The summed E-state index contributed by atoms with van der Waals surface area (Å²) in [6.07, 6.45) is 0.